The number of anilines is 6. The molecule has 53 heavy (non-hydrogen) atoms. The van der Waals surface area contributed by atoms with Crippen molar-refractivity contribution in [2.24, 2.45) is 0 Å². The zero-order valence-electron chi connectivity index (χ0n) is 33.6. The van der Waals surface area contributed by atoms with E-state index in [9.17, 15) is 0 Å². The Morgan fingerprint density at radius 3 is 1.49 bits per heavy atom. The first-order valence-corrected chi connectivity index (χ1v) is 19.6. The maximum atomic E-state index is 6.30. The summed E-state index contributed by atoms with van der Waals surface area (Å²) in [4.78, 5) is 5.04. The van der Waals surface area contributed by atoms with E-state index in [1.807, 2.05) is 0 Å². The van der Waals surface area contributed by atoms with Crippen LogP contribution in [-0.4, -0.2) is 19.9 Å². The summed E-state index contributed by atoms with van der Waals surface area (Å²) >= 11 is 0. The number of fused-ring (bicyclic) bond motifs is 5. The number of rotatable bonds is 3. The van der Waals surface area contributed by atoms with Crippen molar-refractivity contribution in [1.82, 2.24) is 0 Å². The summed E-state index contributed by atoms with van der Waals surface area (Å²) in [7, 11) is 0. The van der Waals surface area contributed by atoms with Crippen LogP contribution in [-0.2, 0) is 16.2 Å². The van der Waals surface area contributed by atoms with Gasteiger partial charge in [0.15, 0.2) is 11.5 Å². The zero-order valence-corrected chi connectivity index (χ0v) is 33.6. The highest BCUT2D eigenvalue weighted by Crippen LogP contribution is 2.47. The summed E-state index contributed by atoms with van der Waals surface area (Å²) in [6.07, 6.45) is 0.875. The third-order valence-electron chi connectivity index (χ3n) is 11.5. The van der Waals surface area contributed by atoms with Crippen LogP contribution < -0.4 is 35.7 Å². The van der Waals surface area contributed by atoms with Gasteiger partial charge in [-0.25, -0.2) is 0 Å². The molecular weight excluding hydrogens is 647 g/mol. The molecule has 0 saturated heterocycles. The average molecular weight is 703 g/mol. The summed E-state index contributed by atoms with van der Waals surface area (Å²) in [5.74, 6) is 1.96. The van der Waals surface area contributed by atoms with Gasteiger partial charge in [-0.3, -0.25) is 0 Å². The van der Waals surface area contributed by atoms with Crippen LogP contribution in [0.2, 0.25) is 0 Å². The molecule has 0 bridgehead atoms. The molecule has 5 heteroatoms. The van der Waals surface area contributed by atoms with Crippen molar-refractivity contribution in [3.05, 3.63) is 113 Å². The maximum Gasteiger partial charge on any atom is 0.252 e. The van der Waals surface area contributed by atoms with Crippen LogP contribution in [0.3, 0.4) is 0 Å². The highest BCUT2D eigenvalue weighted by molar-refractivity contribution is 7.00. The van der Waals surface area contributed by atoms with Crippen molar-refractivity contribution < 1.29 is 9.47 Å². The molecule has 3 aliphatic rings. The van der Waals surface area contributed by atoms with Gasteiger partial charge in [-0.2, -0.15) is 0 Å². The third kappa shape index (κ3) is 6.10. The molecule has 3 aliphatic heterocycles. The fraction of sp³-hybridized carbons (Fsp3) is 0.375. The molecule has 0 aliphatic carbocycles. The van der Waals surface area contributed by atoms with Crippen LogP contribution in [0.4, 0.5) is 34.1 Å². The highest BCUT2D eigenvalue weighted by Gasteiger charge is 2.44. The number of hydrogen-bond acceptors (Lipinski definition) is 4. The molecule has 0 aromatic heterocycles. The standard InChI is InChI=1S/C48H55BN2O2/c1-30(2)31-25-41-45-42(26-31)51(36-19-22-43-44(29-36)53-24-12-23-52-43)40-21-16-34(48(9,10)11)28-38(40)49(45)37-27-33(47(6,7)8)15-20-39(37)50(41)35-17-13-32(14-18-35)46(3,4)5/h13-22,25-30H,12,23-24H2,1-11H3. The van der Waals surface area contributed by atoms with Crippen molar-refractivity contribution in [2.45, 2.75) is 105 Å². The highest BCUT2D eigenvalue weighted by atomic mass is 16.5. The van der Waals surface area contributed by atoms with Crippen molar-refractivity contribution >= 4 is 57.2 Å². The normalized spacial score (nSPS) is 15.2. The Labute approximate surface area is 318 Å². The van der Waals surface area contributed by atoms with Gasteiger partial charge in [0.1, 0.15) is 0 Å². The number of benzene rings is 5. The third-order valence-corrected chi connectivity index (χ3v) is 11.5. The Kier molecular flexibility index (Phi) is 8.33. The molecule has 0 amide bonds. The Morgan fingerprint density at radius 1 is 0.509 bits per heavy atom. The minimum absolute atomic E-state index is 0.000466. The van der Waals surface area contributed by atoms with Gasteiger partial charge in [0.25, 0.3) is 6.71 Å². The van der Waals surface area contributed by atoms with E-state index in [1.54, 1.807) is 0 Å². The van der Waals surface area contributed by atoms with Gasteiger partial charge in [0.2, 0.25) is 0 Å². The van der Waals surface area contributed by atoms with Crippen molar-refractivity contribution in [1.29, 1.82) is 0 Å². The second-order valence-corrected chi connectivity index (χ2v) is 18.8. The lowest BCUT2D eigenvalue weighted by Gasteiger charge is -2.45. The predicted molar refractivity (Wildman–Crippen MR) is 226 cm³/mol. The van der Waals surface area contributed by atoms with Gasteiger partial charge < -0.3 is 19.3 Å². The second kappa shape index (κ2) is 12.5. The van der Waals surface area contributed by atoms with Gasteiger partial charge in [-0.1, -0.05) is 113 Å². The minimum Gasteiger partial charge on any atom is -0.490 e. The Hall–Kier alpha value is -4.64. The molecule has 0 spiro atoms. The first-order chi connectivity index (χ1) is 25.0. The van der Waals surface area contributed by atoms with Crippen LogP contribution in [0.15, 0.2) is 91.0 Å². The average Bonchev–Trinajstić information content (AvgIpc) is 3.35. The monoisotopic (exact) mass is 702 g/mol. The van der Waals surface area contributed by atoms with Gasteiger partial charge >= 0.3 is 0 Å². The number of nitrogens with zero attached hydrogens (tertiary/aromatic N) is 2. The summed E-state index contributed by atoms with van der Waals surface area (Å²) < 4.78 is 12.4. The molecule has 0 fully saturated rings. The van der Waals surface area contributed by atoms with Crippen LogP contribution in [0, 0.1) is 0 Å². The summed E-state index contributed by atoms with van der Waals surface area (Å²) in [5.41, 5.74) is 16.6. The first-order valence-electron chi connectivity index (χ1n) is 19.6. The lowest BCUT2D eigenvalue weighted by atomic mass is 9.33. The molecule has 0 saturated carbocycles. The first kappa shape index (κ1) is 35.4. The maximum absolute atomic E-state index is 6.30. The Morgan fingerprint density at radius 2 is 0.981 bits per heavy atom. The lowest BCUT2D eigenvalue weighted by molar-refractivity contribution is 0.297. The quantitative estimate of drug-likeness (QED) is 0.171. The smallest absolute Gasteiger partial charge is 0.252 e. The molecule has 5 aromatic carbocycles. The minimum atomic E-state index is -0.00862. The largest absolute Gasteiger partial charge is 0.490 e. The molecule has 272 valence electrons. The van der Waals surface area contributed by atoms with Crippen molar-refractivity contribution in [2.75, 3.05) is 23.0 Å². The topological polar surface area (TPSA) is 24.9 Å². The molecule has 5 aromatic rings. The Bertz CT molecular complexity index is 2220. The molecule has 0 radical (unpaired) electrons. The van der Waals surface area contributed by atoms with Crippen LogP contribution in [0.25, 0.3) is 0 Å². The van der Waals surface area contributed by atoms with E-state index in [0.29, 0.717) is 19.1 Å². The van der Waals surface area contributed by atoms with Crippen LogP contribution in [0.5, 0.6) is 11.5 Å². The molecule has 4 nitrogen and oxygen atoms in total. The van der Waals surface area contributed by atoms with Crippen molar-refractivity contribution in [3.8, 4) is 11.5 Å². The molecule has 0 unspecified atom stereocenters. The summed E-state index contributed by atoms with van der Waals surface area (Å²) in [6.45, 7) is 26.8. The molecule has 8 rings (SSSR count). The Balaban J connectivity index is 1.47. The SMILES string of the molecule is CC(C)c1cc2c3c(c1)N(c1ccc4c(c1)OCCCO4)c1ccc(C(C)(C)C)cc1B3c1cc(C(C)(C)C)ccc1N2c1ccc(C(C)(C)C)cc1. The van der Waals surface area contributed by atoms with Crippen LogP contribution in [0.1, 0.15) is 111 Å². The van der Waals surface area contributed by atoms with E-state index in [-0.39, 0.29) is 23.0 Å². The van der Waals surface area contributed by atoms with E-state index in [0.717, 1.165) is 23.6 Å². The van der Waals surface area contributed by atoms with E-state index in [1.165, 1.54) is 67.1 Å². The molecule has 0 N–H and O–H groups in total. The van der Waals surface area contributed by atoms with Gasteiger partial charge in [-0.05, 0) is 109 Å². The van der Waals surface area contributed by atoms with Gasteiger partial charge in [0, 0.05) is 40.9 Å². The van der Waals surface area contributed by atoms with Crippen molar-refractivity contribution in [3.63, 3.8) is 0 Å². The molecule has 0 atom stereocenters. The zero-order chi connectivity index (χ0) is 37.6. The summed E-state index contributed by atoms with van der Waals surface area (Å²) in [5, 5.41) is 0. The lowest BCUT2D eigenvalue weighted by Crippen LogP contribution is -2.61. The number of ether oxygens (including phenoxy) is 2. The molecular formula is C48H55BN2O2. The van der Waals surface area contributed by atoms with Gasteiger partial charge in [-0.15, -0.1) is 0 Å². The van der Waals surface area contributed by atoms with E-state index < -0.39 is 0 Å². The molecule has 3 heterocycles. The van der Waals surface area contributed by atoms with Gasteiger partial charge in [0.05, 0.1) is 18.9 Å². The van der Waals surface area contributed by atoms with E-state index >= 15 is 0 Å². The fourth-order valence-corrected chi connectivity index (χ4v) is 8.25. The van der Waals surface area contributed by atoms with E-state index in [4.69, 9.17) is 9.47 Å². The number of hydrogen-bond donors (Lipinski definition) is 0. The fourth-order valence-electron chi connectivity index (χ4n) is 8.25. The second-order valence-electron chi connectivity index (χ2n) is 18.8. The van der Waals surface area contributed by atoms with E-state index in [2.05, 4.69) is 177 Å². The van der Waals surface area contributed by atoms with Crippen LogP contribution >= 0.6 is 0 Å². The predicted octanol–water partition coefficient (Wildman–Crippen LogP) is 10.9. The summed E-state index contributed by atoms with van der Waals surface area (Å²) in [6, 6.07) is 35.2.